The molecule has 1 fully saturated rings. The number of benzene rings is 1. The Kier molecular flexibility index (Phi) is 6.66. The highest BCUT2D eigenvalue weighted by molar-refractivity contribution is 6.30. The first kappa shape index (κ1) is 20.7. The zero-order chi connectivity index (χ0) is 18.0. The van der Waals surface area contributed by atoms with Gasteiger partial charge in [0.05, 0.1) is 5.54 Å². The minimum atomic E-state index is -0.750. The van der Waals surface area contributed by atoms with Crippen LogP contribution in [0.2, 0.25) is 5.02 Å². The summed E-state index contributed by atoms with van der Waals surface area (Å²) in [5, 5.41) is 11.0. The largest absolute Gasteiger partial charge is 0.340 e. The molecule has 1 saturated heterocycles. The van der Waals surface area contributed by atoms with Gasteiger partial charge in [-0.15, -0.1) is 12.4 Å². The second-order valence-electron chi connectivity index (χ2n) is 7.12. The molecule has 1 aromatic carbocycles. The van der Waals surface area contributed by atoms with E-state index in [0.29, 0.717) is 28.3 Å². The summed E-state index contributed by atoms with van der Waals surface area (Å²) in [5.74, 6) is 1.16. The van der Waals surface area contributed by atoms with Crippen molar-refractivity contribution in [3.8, 4) is 0 Å². The monoisotopic (exact) mass is 398 g/mol. The summed E-state index contributed by atoms with van der Waals surface area (Å²) in [7, 11) is 0. The van der Waals surface area contributed by atoms with Gasteiger partial charge in [-0.3, -0.25) is 4.79 Å². The number of nitrogens with one attached hydrogen (secondary N) is 2. The highest BCUT2D eigenvalue weighted by atomic mass is 35.5. The lowest BCUT2D eigenvalue weighted by Gasteiger charge is -2.25. The van der Waals surface area contributed by atoms with E-state index in [2.05, 4.69) is 27.7 Å². The van der Waals surface area contributed by atoms with Gasteiger partial charge in [0.15, 0.2) is 5.82 Å². The summed E-state index contributed by atoms with van der Waals surface area (Å²) < 4.78 is 5.48. The third-order valence-corrected chi connectivity index (χ3v) is 4.72. The van der Waals surface area contributed by atoms with Crippen molar-refractivity contribution in [2.75, 3.05) is 6.54 Å². The minimum absolute atomic E-state index is 0. The fourth-order valence-electron chi connectivity index (χ4n) is 3.05. The summed E-state index contributed by atoms with van der Waals surface area (Å²) in [6, 6.07) is 7.26. The molecule has 3 rings (SSSR count). The van der Waals surface area contributed by atoms with Gasteiger partial charge in [-0.25, -0.2) is 0 Å². The van der Waals surface area contributed by atoms with Crippen LogP contribution in [0, 0.1) is 0 Å². The predicted molar refractivity (Wildman–Crippen MR) is 103 cm³/mol. The molecule has 8 heteroatoms. The molecular formula is C18H24Cl2N4O2. The van der Waals surface area contributed by atoms with E-state index in [1.807, 2.05) is 13.8 Å². The fraction of sp³-hybridized carbons (Fsp3) is 0.500. The zero-order valence-corrected chi connectivity index (χ0v) is 16.7. The Bertz CT molecular complexity index is 763. The Hall–Kier alpha value is -1.63. The molecule has 0 unspecified atom stereocenters. The minimum Gasteiger partial charge on any atom is -0.340 e. The Morgan fingerprint density at radius 3 is 2.88 bits per heavy atom. The lowest BCUT2D eigenvalue weighted by atomic mass is 9.93. The quantitative estimate of drug-likeness (QED) is 0.820. The average molecular weight is 399 g/mol. The van der Waals surface area contributed by atoms with E-state index in [-0.39, 0.29) is 24.2 Å². The molecule has 0 aliphatic carbocycles. The molecule has 0 bridgehead atoms. The van der Waals surface area contributed by atoms with Crippen LogP contribution in [0.4, 0.5) is 0 Å². The van der Waals surface area contributed by atoms with Gasteiger partial charge in [0.2, 0.25) is 5.89 Å². The summed E-state index contributed by atoms with van der Waals surface area (Å²) in [6.07, 6.45) is 1.94. The molecule has 2 N–H and O–H groups in total. The number of carbonyl (C=O) groups is 1. The van der Waals surface area contributed by atoms with Crippen molar-refractivity contribution in [2.45, 2.75) is 51.1 Å². The number of rotatable bonds is 4. The van der Waals surface area contributed by atoms with Crippen LogP contribution in [0.15, 0.2) is 28.8 Å². The third-order valence-electron chi connectivity index (χ3n) is 4.49. The molecule has 0 radical (unpaired) electrons. The van der Waals surface area contributed by atoms with E-state index in [0.717, 1.165) is 19.4 Å². The van der Waals surface area contributed by atoms with Gasteiger partial charge >= 0.3 is 0 Å². The zero-order valence-electron chi connectivity index (χ0n) is 15.1. The van der Waals surface area contributed by atoms with Crippen molar-refractivity contribution in [1.29, 1.82) is 0 Å². The van der Waals surface area contributed by atoms with Crippen molar-refractivity contribution >= 4 is 29.9 Å². The number of hydrogen-bond donors (Lipinski definition) is 2. The number of piperidine rings is 1. The Balaban J connectivity index is 0.00000243. The lowest BCUT2D eigenvalue weighted by Crippen LogP contribution is -2.42. The van der Waals surface area contributed by atoms with E-state index in [1.165, 1.54) is 0 Å². The molecule has 1 amide bonds. The van der Waals surface area contributed by atoms with Gasteiger partial charge in [0, 0.05) is 22.5 Å². The summed E-state index contributed by atoms with van der Waals surface area (Å²) in [4.78, 5) is 17.0. The molecule has 142 valence electrons. The van der Waals surface area contributed by atoms with Crippen LogP contribution < -0.4 is 10.6 Å². The molecule has 0 saturated carbocycles. The van der Waals surface area contributed by atoms with Crippen molar-refractivity contribution in [2.24, 2.45) is 0 Å². The first-order valence-corrected chi connectivity index (χ1v) is 8.88. The first-order valence-electron chi connectivity index (χ1n) is 8.50. The van der Waals surface area contributed by atoms with E-state index < -0.39 is 5.54 Å². The van der Waals surface area contributed by atoms with Gasteiger partial charge in [0.25, 0.3) is 5.91 Å². The molecule has 1 aliphatic rings. The van der Waals surface area contributed by atoms with Crippen molar-refractivity contribution < 1.29 is 9.32 Å². The Morgan fingerprint density at radius 1 is 1.42 bits per heavy atom. The van der Waals surface area contributed by atoms with Crippen LogP contribution in [0.25, 0.3) is 0 Å². The molecule has 2 aromatic rings. The fourth-order valence-corrected chi connectivity index (χ4v) is 3.24. The summed E-state index contributed by atoms with van der Waals surface area (Å²) in [5.41, 5.74) is -0.254. The standard InChI is InChI=1S/C18H23ClN4O2.ClH/c1-11-9-13(7-8-20-11)16-21-17(23-25-16)18(2,3)22-15(24)12-5-4-6-14(19)10-12;/h4-6,10-11,13,20H,7-9H2,1-3H3,(H,22,24);1H/t11-,13-;/m0./s1. The molecule has 2 atom stereocenters. The highest BCUT2D eigenvalue weighted by Gasteiger charge is 2.32. The van der Waals surface area contributed by atoms with Crippen LogP contribution in [-0.2, 0) is 5.54 Å². The maximum absolute atomic E-state index is 12.5. The first-order chi connectivity index (χ1) is 11.8. The van der Waals surface area contributed by atoms with Crippen LogP contribution in [-0.4, -0.2) is 28.6 Å². The van der Waals surface area contributed by atoms with Gasteiger partial charge in [-0.1, -0.05) is 22.8 Å². The molecule has 0 spiro atoms. The topological polar surface area (TPSA) is 80.1 Å². The molecule has 26 heavy (non-hydrogen) atoms. The third kappa shape index (κ3) is 4.75. The molecule has 1 aliphatic heterocycles. The number of aromatic nitrogens is 2. The number of carbonyl (C=O) groups excluding carboxylic acids is 1. The average Bonchev–Trinajstić information content (AvgIpc) is 3.05. The van der Waals surface area contributed by atoms with Gasteiger partial charge in [-0.05, 0) is 58.4 Å². The van der Waals surface area contributed by atoms with E-state index in [4.69, 9.17) is 16.1 Å². The van der Waals surface area contributed by atoms with Crippen molar-refractivity contribution in [1.82, 2.24) is 20.8 Å². The van der Waals surface area contributed by atoms with E-state index in [9.17, 15) is 4.79 Å². The predicted octanol–water partition coefficient (Wildman–Crippen LogP) is 3.67. The van der Waals surface area contributed by atoms with Gasteiger partial charge in [-0.2, -0.15) is 4.98 Å². The van der Waals surface area contributed by atoms with E-state index in [1.54, 1.807) is 24.3 Å². The summed E-state index contributed by atoms with van der Waals surface area (Å²) >= 11 is 5.95. The van der Waals surface area contributed by atoms with Crippen molar-refractivity contribution in [3.63, 3.8) is 0 Å². The second kappa shape index (κ2) is 8.37. The van der Waals surface area contributed by atoms with E-state index >= 15 is 0 Å². The smallest absolute Gasteiger partial charge is 0.252 e. The van der Waals surface area contributed by atoms with Crippen LogP contribution in [0.3, 0.4) is 0 Å². The van der Waals surface area contributed by atoms with Crippen LogP contribution >= 0.6 is 24.0 Å². The maximum atomic E-state index is 12.5. The van der Waals surface area contributed by atoms with Gasteiger partial charge in [0.1, 0.15) is 0 Å². The normalized spacial score (nSPS) is 20.3. The SMILES string of the molecule is C[C@H]1C[C@@H](c2nc(C(C)(C)NC(=O)c3cccc(Cl)c3)no2)CCN1.Cl. The van der Waals surface area contributed by atoms with Gasteiger partial charge < -0.3 is 15.2 Å². The Morgan fingerprint density at radius 2 is 2.19 bits per heavy atom. The second-order valence-corrected chi connectivity index (χ2v) is 7.56. The number of halogens is 2. The lowest BCUT2D eigenvalue weighted by molar-refractivity contribution is 0.0907. The van der Waals surface area contributed by atoms with Crippen LogP contribution in [0.5, 0.6) is 0 Å². The molecular weight excluding hydrogens is 375 g/mol. The maximum Gasteiger partial charge on any atom is 0.252 e. The molecule has 2 heterocycles. The molecule has 6 nitrogen and oxygen atoms in total. The van der Waals surface area contributed by atoms with Crippen molar-refractivity contribution in [3.05, 3.63) is 46.6 Å². The number of amides is 1. The Labute approximate surface area is 164 Å². The number of nitrogens with zero attached hydrogens (tertiary/aromatic N) is 2. The number of hydrogen-bond acceptors (Lipinski definition) is 5. The highest BCUT2D eigenvalue weighted by Crippen LogP contribution is 2.28. The van der Waals surface area contributed by atoms with Crippen LogP contribution in [0.1, 0.15) is 61.6 Å². The summed E-state index contributed by atoms with van der Waals surface area (Å²) in [6.45, 7) is 6.81. The molecule has 1 aromatic heterocycles.